The first-order valence-corrected chi connectivity index (χ1v) is 9.19. The molecule has 0 saturated heterocycles. The van der Waals surface area contributed by atoms with E-state index >= 15 is 0 Å². The van der Waals surface area contributed by atoms with E-state index in [4.69, 9.17) is 0 Å². The number of thioether (sulfide) groups is 1. The third-order valence-electron chi connectivity index (χ3n) is 3.95. The third kappa shape index (κ3) is 3.83. The maximum atomic E-state index is 9.93. The number of aliphatic hydroxyl groups excluding tert-OH is 1. The number of aliphatic hydroxyl groups is 1. The van der Waals surface area contributed by atoms with Gasteiger partial charge in [-0.05, 0) is 60.6 Å². The summed E-state index contributed by atoms with van der Waals surface area (Å²) in [5, 5.41) is 9.93. The third-order valence-corrected chi connectivity index (χ3v) is 5.68. The van der Waals surface area contributed by atoms with Gasteiger partial charge in [0.15, 0.2) is 0 Å². The summed E-state index contributed by atoms with van der Waals surface area (Å²) in [4.78, 5) is 1.37. The molecule has 0 aromatic heterocycles. The van der Waals surface area contributed by atoms with Crippen LogP contribution in [-0.4, -0.2) is 5.11 Å². The summed E-state index contributed by atoms with van der Waals surface area (Å²) in [5.41, 5.74) is 4.15. The van der Waals surface area contributed by atoms with Crippen LogP contribution in [0, 0.1) is 0 Å². The molecule has 2 aliphatic carbocycles. The topological polar surface area (TPSA) is 20.2 Å². The second-order valence-electron chi connectivity index (χ2n) is 5.53. The number of benzene rings is 1. The summed E-state index contributed by atoms with van der Waals surface area (Å²) in [5.74, 6) is 1.49. The molecule has 2 aliphatic rings. The number of hydrogen-bond acceptors (Lipinski definition) is 2. The van der Waals surface area contributed by atoms with Crippen LogP contribution in [-0.2, 0) is 5.75 Å². The van der Waals surface area contributed by atoms with Crippen molar-refractivity contribution in [1.82, 2.24) is 0 Å². The molecule has 0 amide bonds. The maximum Gasteiger partial charge on any atom is 0.0963 e. The quantitative estimate of drug-likeness (QED) is 0.682. The molecule has 110 valence electrons. The van der Waals surface area contributed by atoms with Crippen molar-refractivity contribution in [2.75, 3.05) is 0 Å². The molecule has 1 nitrogen and oxygen atoms in total. The number of halogens is 1. The van der Waals surface area contributed by atoms with Gasteiger partial charge in [-0.15, -0.1) is 11.8 Å². The van der Waals surface area contributed by atoms with Gasteiger partial charge in [0.1, 0.15) is 0 Å². The van der Waals surface area contributed by atoms with E-state index in [1.165, 1.54) is 34.5 Å². The van der Waals surface area contributed by atoms with Crippen LogP contribution in [0.2, 0.25) is 0 Å². The Kier molecular flexibility index (Phi) is 4.91. The van der Waals surface area contributed by atoms with Gasteiger partial charge in [0, 0.05) is 21.6 Å². The Labute approximate surface area is 139 Å². The molecule has 0 radical (unpaired) electrons. The monoisotopic (exact) mass is 362 g/mol. The van der Waals surface area contributed by atoms with E-state index in [1.54, 1.807) is 0 Å². The molecular formula is C18H19BrOS. The van der Waals surface area contributed by atoms with Gasteiger partial charge in [-0.2, -0.15) is 0 Å². The molecule has 0 unspecified atom stereocenters. The second kappa shape index (κ2) is 6.89. The van der Waals surface area contributed by atoms with Crippen LogP contribution in [0.25, 0.3) is 0 Å². The van der Waals surface area contributed by atoms with Gasteiger partial charge in [-0.25, -0.2) is 0 Å². The molecule has 1 aromatic rings. The zero-order valence-electron chi connectivity index (χ0n) is 11.9. The Morgan fingerprint density at radius 2 is 1.86 bits per heavy atom. The second-order valence-corrected chi connectivity index (χ2v) is 7.47. The Morgan fingerprint density at radius 1 is 1.10 bits per heavy atom. The average molecular weight is 363 g/mol. The van der Waals surface area contributed by atoms with Gasteiger partial charge in [-0.1, -0.05) is 34.1 Å². The van der Waals surface area contributed by atoms with Gasteiger partial charge < -0.3 is 5.11 Å². The smallest absolute Gasteiger partial charge is 0.0963 e. The molecule has 0 spiro atoms. The number of rotatable bonds is 3. The summed E-state index contributed by atoms with van der Waals surface area (Å²) in [6.45, 7) is 0. The van der Waals surface area contributed by atoms with E-state index in [2.05, 4.69) is 46.3 Å². The van der Waals surface area contributed by atoms with Crippen molar-refractivity contribution in [1.29, 1.82) is 0 Å². The lowest BCUT2D eigenvalue weighted by Gasteiger charge is -2.19. The predicted octanol–water partition coefficient (Wildman–Crippen LogP) is 6.28. The lowest BCUT2D eigenvalue weighted by Crippen LogP contribution is -1.99. The molecule has 3 rings (SSSR count). The lowest BCUT2D eigenvalue weighted by atomic mass is 9.91. The van der Waals surface area contributed by atoms with Gasteiger partial charge in [0.25, 0.3) is 0 Å². The maximum absolute atomic E-state index is 9.93. The molecule has 3 heteroatoms. The zero-order chi connectivity index (χ0) is 14.7. The van der Waals surface area contributed by atoms with Gasteiger partial charge in [0.05, 0.1) is 5.76 Å². The Hall–Kier alpha value is -0.930. The fraction of sp³-hybridized carbons (Fsp3) is 0.333. The molecule has 0 aliphatic heterocycles. The highest BCUT2D eigenvalue weighted by Crippen LogP contribution is 2.39. The van der Waals surface area contributed by atoms with Crippen LogP contribution in [0.15, 0.2) is 62.7 Å². The van der Waals surface area contributed by atoms with E-state index in [0.717, 1.165) is 23.1 Å². The predicted molar refractivity (Wildman–Crippen MR) is 94.3 cm³/mol. The first kappa shape index (κ1) is 15.0. The summed E-state index contributed by atoms with van der Waals surface area (Å²) < 4.78 is 1.12. The SMILES string of the molecule is OC1=CC2=C(CCCC2)C(SCc2ccc(Br)cc2)=CC1. The molecule has 0 atom stereocenters. The van der Waals surface area contributed by atoms with Crippen LogP contribution in [0.5, 0.6) is 0 Å². The van der Waals surface area contributed by atoms with Gasteiger partial charge in [0.2, 0.25) is 0 Å². The Bertz CT molecular complexity index is 611. The van der Waals surface area contributed by atoms with Crippen LogP contribution < -0.4 is 0 Å². The fourth-order valence-corrected chi connectivity index (χ4v) is 4.23. The fourth-order valence-electron chi connectivity index (χ4n) is 2.84. The standard InChI is InChI=1S/C18H19BrOS/c19-15-7-5-13(6-8-15)12-21-18-10-9-16(20)11-14-3-1-2-4-17(14)18/h5-8,10-11,20H,1-4,9,12H2. The number of allylic oxidation sites excluding steroid dienone is 4. The van der Waals surface area contributed by atoms with Crippen LogP contribution in [0.1, 0.15) is 37.7 Å². The summed E-state index contributed by atoms with van der Waals surface area (Å²) in [7, 11) is 0. The van der Waals surface area contributed by atoms with Crippen LogP contribution >= 0.6 is 27.7 Å². The van der Waals surface area contributed by atoms with Crippen LogP contribution in [0.4, 0.5) is 0 Å². The van der Waals surface area contributed by atoms with E-state index < -0.39 is 0 Å². The van der Waals surface area contributed by atoms with E-state index in [0.29, 0.717) is 12.2 Å². The summed E-state index contributed by atoms with van der Waals surface area (Å²) >= 11 is 5.38. The summed E-state index contributed by atoms with van der Waals surface area (Å²) in [6.07, 6.45) is 9.63. The zero-order valence-corrected chi connectivity index (χ0v) is 14.3. The molecule has 0 saturated carbocycles. The van der Waals surface area contributed by atoms with Crippen molar-refractivity contribution in [3.05, 3.63) is 68.3 Å². The molecule has 1 N–H and O–H groups in total. The average Bonchev–Trinajstić information content (AvgIpc) is 2.65. The molecule has 0 fully saturated rings. The van der Waals surface area contributed by atoms with Crippen molar-refractivity contribution >= 4 is 27.7 Å². The first-order valence-electron chi connectivity index (χ1n) is 7.42. The molecule has 21 heavy (non-hydrogen) atoms. The Morgan fingerprint density at radius 3 is 2.67 bits per heavy atom. The van der Waals surface area contributed by atoms with Gasteiger partial charge in [-0.3, -0.25) is 0 Å². The Balaban J connectivity index is 1.76. The van der Waals surface area contributed by atoms with Crippen molar-refractivity contribution in [2.45, 2.75) is 37.9 Å². The highest BCUT2D eigenvalue weighted by molar-refractivity contribution is 9.10. The summed E-state index contributed by atoms with van der Waals surface area (Å²) in [6, 6.07) is 8.52. The van der Waals surface area contributed by atoms with E-state index in [-0.39, 0.29) is 0 Å². The minimum absolute atomic E-state index is 0.503. The van der Waals surface area contributed by atoms with Crippen molar-refractivity contribution in [2.24, 2.45) is 0 Å². The highest BCUT2D eigenvalue weighted by atomic mass is 79.9. The lowest BCUT2D eigenvalue weighted by molar-refractivity contribution is 0.400. The van der Waals surface area contributed by atoms with Gasteiger partial charge >= 0.3 is 0 Å². The van der Waals surface area contributed by atoms with Crippen molar-refractivity contribution < 1.29 is 5.11 Å². The van der Waals surface area contributed by atoms with Crippen molar-refractivity contribution in [3.63, 3.8) is 0 Å². The number of hydrogen-bond donors (Lipinski definition) is 1. The normalized spacial score (nSPS) is 18.7. The molecular weight excluding hydrogens is 344 g/mol. The molecule has 1 aromatic carbocycles. The van der Waals surface area contributed by atoms with Crippen LogP contribution in [0.3, 0.4) is 0 Å². The van der Waals surface area contributed by atoms with E-state index in [9.17, 15) is 5.11 Å². The highest BCUT2D eigenvalue weighted by Gasteiger charge is 2.18. The largest absolute Gasteiger partial charge is 0.512 e. The van der Waals surface area contributed by atoms with E-state index in [1.807, 2.05) is 17.8 Å². The first-order chi connectivity index (χ1) is 10.2. The van der Waals surface area contributed by atoms with Crippen molar-refractivity contribution in [3.8, 4) is 0 Å². The minimum atomic E-state index is 0.503. The molecule has 0 heterocycles. The minimum Gasteiger partial charge on any atom is -0.512 e. The molecule has 0 bridgehead atoms.